The molecule has 0 saturated carbocycles. The van der Waals surface area contributed by atoms with E-state index >= 15 is 0 Å². The Hall–Kier alpha value is -2.32. The van der Waals surface area contributed by atoms with Crippen LogP contribution in [-0.4, -0.2) is 24.9 Å². The minimum atomic E-state index is -0.798. The minimum absolute atomic E-state index is 0.166. The highest BCUT2D eigenvalue weighted by Crippen LogP contribution is 2.13. The van der Waals surface area contributed by atoms with Crippen molar-refractivity contribution in [2.75, 3.05) is 13.1 Å². The first-order valence-corrected chi connectivity index (χ1v) is 6.24. The second-order valence-corrected chi connectivity index (χ2v) is 4.98. The fourth-order valence-electron chi connectivity index (χ4n) is 1.42. The molecule has 0 bridgehead atoms. The van der Waals surface area contributed by atoms with Crippen LogP contribution in [-0.2, 0) is 4.79 Å². The zero-order valence-electron chi connectivity index (χ0n) is 11.7. The van der Waals surface area contributed by atoms with E-state index in [-0.39, 0.29) is 19.0 Å². The van der Waals surface area contributed by atoms with Crippen LogP contribution in [0.25, 0.3) is 0 Å². The summed E-state index contributed by atoms with van der Waals surface area (Å²) >= 11 is 0. The van der Waals surface area contributed by atoms with E-state index in [0.29, 0.717) is 11.1 Å². The molecular weight excluding hydrogens is 254 g/mol. The van der Waals surface area contributed by atoms with Crippen molar-refractivity contribution in [2.24, 2.45) is 16.9 Å². The summed E-state index contributed by atoms with van der Waals surface area (Å²) in [6.45, 7) is 3.75. The van der Waals surface area contributed by atoms with Crippen molar-refractivity contribution in [1.29, 1.82) is 0 Å². The van der Waals surface area contributed by atoms with Crippen LogP contribution in [0.3, 0.4) is 0 Å². The summed E-state index contributed by atoms with van der Waals surface area (Å²) < 4.78 is 0. The van der Waals surface area contributed by atoms with Gasteiger partial charge < -0.3 is 16.8 Å². The number of amides is 2. The topological polar surface area (TPSA) is 98.2 Å². The van der Waals surface area contributed by atoms with Gasteiger partial charge in [-0.05, 0) is 26.0 Å². The standard InChI is InChI=1S/C15H19N3O2/c1-15(2,14(17)20)10-18-13(19)12-8-4-3-6-11(12)7-5-9-16/h3-4,6,8H,9-10,16H2,1-2H3,(H2,17,20)(H,18,19). The molecule has 5 heteroatoms. The van der Waals surface area contributed by atoms with Crippen molar-refractivity contribution in [3.05, 3.63) is 35.4 Å². The summed E-state index contributed by atoms with van der Waals surface area (Å²) in [6, 6.07) is 6.97. The highest BCUT2D eigenvalue weighted by molar-refractivity contribution is 5.97. The van der Waals surface area contributed by atoms with E-state index < -0.39 is 11.3 Å². The summed E-state index contributed by atoms with van der Waals surface area (Å²) in [6.07, 6.45) is 0. The predicted octanol–water partition coefficient (Wildman–Crippen LogP) is 0.238. The molecule has 0 aliphatic carbocycles. The van der Waals surface area contributed by atoms with Gasteiger partial charge in [-0.2, -0.15) is 0 Å². The maximum atomic E-state index is 12.1. The van der Waals surface area contributed by atoms with Gasteiger partial charge in [0.15, 0.2) is 0 Å². The third-order valence-corrected chi connectivity index (χ3v) is 2.85. The van der Waals surface area contributed by atoms with E-state index in [1.807, 2.05) is 0 Å². The predicted molar refractivity (Wildman–Crippen MR) is 77.7 cm³/mol. The largest absolute Gasteiger partial charge is 0.369 e. The van der Waals surface area contributed by atoms with Crippen LogP contribution in [0.15, 0.2) is 24.3 Å². The van der Waals surface area contributed by atoms with Crippen LogP contribution in [0.5, 0.6) is 0 Å². The van der Waals surface area contributed by atoms with Crippen molar-refractivity contribution in [3.8, 4) is 11.8 Å². The van der Waals surface area contributed by atoms with Gasteiger partial charge in [-0.3, -0.25) is 9.59 Å². The minimum Gasteiger partial charge on any atom is -0.369 e. The number of hydrogen-bond acceptors (Lipinski definition) is 3. The quantitative estimate of drug-likeness (QED) is 0.685. The van der Waals surface area contributed by atoms with E-state index in [2.05, 4.69) is 17.2 Å². The van der Waals surface area contributed by atoms with Crippen LogP contribution in [0.4, 0.5) is 0 Å². The van der Waals surface area contributed by atoms with E-state index in [1.165, 1.54) is 0 Å². The Morgan fingerprint density at radius 1 is 1.30 bits per heavy atom. The molecule has 1 aromatic carbocycles. The summed E-state index contributed by atoms with van der Waals surface area (Å²) in [4.78, 5) is 23.3. The number of carbonyl (C=O) groups excluding carboxylic acids is 2. The average Bonchev–Trinajstić information content (AvgIpc) is 2.42. The van der Waals surface area contributed by atoms with Crippen molar-refractivity contribution in [3.63, 3.8) is 0 Å². The van der Waals surface area contributed by atoms with Crippen molar-refractivity contribution in [1.82, 2.24) is 5.32 Å². The molecule has 0 heterocycles. The number of benzene rings is 1. The molecular formula is C15H19N3O2. The third kappa shape index (κ3) is 4.11. The molecule has 0 aromatic heterocycles. The number of nitrogens with two attached hydrogens (primary N) is 2. The molecule has 0 fully saturated rings. The Morgan fingerprint density at radius 2 is 1.95 bits per heavy atom. The Labute approximate surface area is 118 Å². The van der Waals surface area contributed by atoms with E-state index in [1.54, 1.807) is 38.1 Å². The number of carbonyl (C=O) groups is 2. The molecule has 2 amide bonds. The molecule has 1 aromatic rings. The maximum Gasteiger partial charge on any atom is 0.252 e. The lowest BCUT2D eigenvalue weighted by Gasteiger charge is -2.20. The molecule has 106 valence electrons. The zero-order chi connectivity index (χ0) is 15.2. The Kier molecular flexibility index (Phi) is 5.30. The van der Waals surface area contributed by atoms with Gasteiger partial charge in [-0.15, -0.1) is 0 Å². The highest BCUT2D eigenvalue weighted by atomic mass is 16.2. The molecule has 5 nitrogen and oxygen atoms in total. The second kappa shape index (κ2) is 6.73. The van der Waals surface area contributed by atoms with Crippen LogP contribution >= 0.6 is 0 Å². The average molecular weight is 273 g/mol. The van der Waals surface area contributed by atoms with Gasteiger partial charge in [-0.25, -0.2) is 0 Å². The van der Waals surface area contributed by atoms with Gasteiger partial charge in [0.1, 0.15) is 0 Å². The lowest BCUT2D eigenvalue weighted by molar-refractivity contribution is -0.125. The molecule has 0 saturated heterocycles. The molecule has 0 radical (unpaired) electrons. The smallest absolute Gasteiger partial charge is 0.252 e. The number of nitrogens with one attached hydrogen (secondary N) is 1. The number of primary amides is 1. The van der Waals surface area contributed by atoms with Crippen molar-refractivity contribution < 1.29 is 9.59 Å². The fraction of sp³-hybridized carbons (Fsp3) is 0.333. The van der Waals surface area contributed by atoms with E-state index in [4.69, 9.17) is 11.5 Å². The summed E-state index contributed by atoms with van der Waals surface area (Å²) in [5.41, 5.74) is 10.8. The molecule has 0 spiro atoms. The lowest BCUT2D eigenvalue weighted by Crippen LogP contribution is -2.42. The third-order valence-electron chi connectivity index (χ3n) is 2.85. The molecule has 1 rings (SSSR count). The molecule has 5 N–H and O–H groups in total. The van der Waals surface area contributed by atoms with Crippen molar-refractivity contribution in [2.45, 2.75) is 13.8 Å². The Bertz CT molecular complexity index is 568. The lowest BCUT2D eigenvalue weighted by atomic mass is 9.92. The van der Waals surface area contributed by atoms with Gasteiger partial charge in [0.2, 0.25) is 5.91 Å². The first kappa shape index (κ1) is 15.7. The van der Waals surface area contributed by atoms with Crippen LogP contribution in [0.1, 0.15) is 29.8 Å². The van der Waals surface area contributed by atoms with Gasteiger partial charge in [-0.1, -0.05) is 24.0 Å². The maximum absolute atomic E-state index is 12.1. The van der Waals surface area contributed by atoms with Crippen molar-refractivity contribution >= 4 is 11.8 Å². The highest BCUT2D eigenvalue weighted by Gasteiger charge is 2.25. The normalized spacial score (nSPS) is 10.3. The molecule has 0 aliphatic rings. The van der Waals surface area contributed by atoms with Gasteiger partial charge in [0, 0.05) is 12.1 Å². The second-order valence-electron chi connectivity index (χ2n) is 4.98. The first-order valence-electron chi connectivity index (χ1n) is 6.24. The molecule has 0 unspecified atom stereocenters. The van der Waals surface area contributed by atoms with Gasteiger partial charge in [0.25, 0.3) is 5.91 Å². The first-order chi connectivity index (χ1) is 9.38. The molecule has 20 heavy (non-hydrogen) atoms. The number of hydrogen-bond donors (Lipinski definition) is 3. The summed E-state index contributed by atoms with van der Waals surface area (Å²) in [7, 11) is 0. The van der Waals surface area contributed by atoms with Gasteiger partial charge >= 0.3 is 0 Å². The monoisotopic (exact) mass is 273 g/mol. The summed E-state index contributed by atoms with van der Waals surface area (Å²) in [5.74, 6) is 4.81. The summed E-state index contributed by atoms with van der Waals surface area (Å²) in [5, 5.41) is 2.70. The van der Waals surface area contributed by atoms with Crippen LogP contribution in [0.2, 0.25) is 0 Å². The number of rotatable bonds is 4. The SMILES string of the molecule is CC(C)(CNC(=O)c1ccccc1C#CCN)C(N)=O. The van der Waals surface area contributed by atoms with Crippen LogP contribution in [0, 0.1) is 17.3 Å². The van der Waals surface area contributed by atoms with E-state index in [9.17, 15) is 9.59 Å². The zero-order valence-corrected chi connectivity index (χ0v) is 11.7. The molecule has 0 aliphatic heterocycles. The Balaban J connectivity index is 2.86. The van der Waals surface area contributed by atoms with Crippen LogP contribution < -0.4 is 16.8 Å². The Morgan fingerprint density at radius 3 is 2.55 bits per heavy atom. The molecule has 0 atom stereocenters. The fourth-order valence-corrected chi connectivity index (χ4v) is 1.42. The van der Waals surface area contributed by atoms with Gasteiger partial charge in [0.05, 0.1) is 17.5 Å². The van der Waals surface area contributed by atoms with E-state index in [0.717, 1.165) is 0 Å².